The Hall–Kier alpha value is -2.22. The van der Waals surface area contributed by atoms with E-state index in [1.807, 2.05) is 0 Å². The van der Waals surface area contributed by atoms with Crippen LogP contribution in [0, 0.1) is 12.8 Å². The molecule has 0 bridgehead atoms. The minimum atomic E-state index is -0.586. The summed E-state index contributed by atoms with van der Waals surface area (Å²) in [6.07, 6.45) is 5.19. The molecule has 8 heteroatoms. The molecule has 0 aromatic carbocycles. The van der Waals surface area contributed by atoms with Crippen LogP contribution in [0.3, 0.4) is 0 Å². The Morgan fingerprint density at radius 1 is 1.44 bits per heavy atom. The van der Waals surface area contributed by atoms with Gasteiger partial charge in [0, 0.05) is 0 Å². The fourth-order valence-corrected chi connectivity index (χ4v) is 4.35. The molecule has 0 aliphatic heterocycles. The Balaban J connectivity index is 1.80. The maximum absolute atomic E-state index is 12.6. The summed E-state index contributed by atoms with van der Waals surface area (Å²) >= 11 is 1.09. The second-order valence-corrected chi connectivity index (χ2v) is 7.66. The third-order valence-electron chi connectivity index (χ3n) is 4.63. The van der Waals surface area contributed by atoms with Crippen molar-refractivity contribution in [3.63, 3.8) is 0 Å². The van der Waals surface area contributed by atoms with Gasteiger partial charge in [0.2, 0.25) is 0 Å². The molecule has 1 saturated carbocycles. The summed E-state index contributed by atoms with van der Waals surface area (Å²) in [5, 5.41) is 0.334. The Labute approximate surface area is 148 Å². The Morgan fingerprint density at radius 2 is 2.20 bits per heavy atom. The van der Waals surface area contributed by atoms with Gasteiger partial charge in [0.15, 0.2) is 0 Å². The smallest absolute Gasteiger partial charge is 0.326 e. The molecule has 2 heterocycles. The zero-order chi connectivity index (χ0) is 18.1. The first-order valence-electron chi connectivity index (χ1n) is 8.34. The number of aromatic nitrogens is 2. The number of carbonyl (C=O) groups is 2. The van der Waals surface area contributed by atoms with Gasteiger partial charge in [-0.25, -0.2) is 4.98 Å². The number of rotatable bonds is 4. The average Bonchev–Trinajstić information content (AvgIpc) is 2.88. The minimum absolute atomic E-state index is 0.0759. The summed E-state index contributed by atoms with van der Waals surface area (Å²) < 4.78 is 6.73. The van der Waals surface area contributed by atoms with Crippen molar-refractivity contribution >= 4 is 33.4 Å². The number of amides is 1. The van der Waals surface area contributed by atoms with Crippen molar-refractivity contribution in [2.75, 3.05) is 0 Å². The zero-order valence-electron chi connectivity index (χ0n) is 14.3. The molecule has 0 saturated heterocycles. The lowest BCUT2D eigenvalue weighted by atomic mass is 9.89. The number of nitrogens with zero attached hydrogens (tertiary/aromatic N) is 2. The molecule has 2 aromatic heterocycles. The number of carbonyl (C=O) groups excluding carboxylic acids is 2. The molecule has 2 N–H and O–H groups in total. The molecule has 1 aliphatic carbocycles. The molecule has 1 amide bonds. The van der Waals surface area contributed by atoms with Crippen LogP contribution in [-0.2, 0) is 16.1 Å². The average molecular weight is 363 g/mol. The largest absolute Gasteiger partial charge is 0.461 e. The third-order valence-corrected chi connectivity index (χ3v) is 5.84. The number of ether oxygens (including phenoxy) is 1. The number of hydrogen-bond acceptors (Lipinski definition) is 6. The monoisotopic (exact) mass is 363 g/mol. The van der Waals surface area contributed by atoms with Crippen LogP contribution in [0.15, 0.2) is 11.1 Å². The van der Waals surface area contributed by atoms with Crippen LogP contribution in [0.25, 0.3) is 10.2 Å². The van der Waals surface area contributed by atoms with Crippen molar-refractivity contribution in [3.8, 4) is 0 Å². The van der Waals surface area contributed by atoms with E-state index in [0.717, 1.165) is 37.0 Å². The van der Waals surface area contributed by atoms with E-state index in [0.29, 0.717) is 26.6 Å². The van der Waals surface area contributed by atoms with Crippen LogP contribution in [0.4, 0.5) is 0 Å². The van der Waals surface area contributed by atoms with Crippen LogP contribution in [-0.4, -0.2) is 27.5 Å². The van der Waals surface area contributed by atoms with Crippen molar-refractivity contribution in [1.82, 2.24) is 9.55 Å². The predicted octanol–water partition coefficient (Wildman–Crippen LogP) is 1.99. The molecule has 2 aromatic rings. The lowest BCUT2D eigenvalue weighted by Crippen LogP contribution is -2.30. The lowest BCUT2D eigenvalue weighted by molar-refractivity contribution is -0.152. The van der Waals surface area contributed by atoms with Gasteiger partial charge >= 0.3 is 5.97 Å². The van der Waals surface area contributed by atoms with Crippen molar-refractivity contribution in [3.05, 3.63) is 27.1 Å². The highest BCUT2D eigenvalue weighted by Gasteiger charge is 2.23. The van der Waals surface area contributed by atoms with E-state index in [1.165, 1.54) is 10.9 Å². The van der Waals surface area contributed by atoms with E-state index in [-0.39, 0.29) is 18.2 Å². The molecular weight excluding hydrogens is 342 g/mol. The van der Waals surface area contributed by atoms with Gasteiger partial charge in [-0.05, 0) is 37.7 Å². The lowest BCUT2D eigenvalue weighted by Gasteiger charge is -2.26. The van der Waals surface area contributed by atoms with Gasteiger partial charge in [-0.15, -0.1) is 11.3 Å². The van der Waals surface area contributed by atoms with Crippen LogP contribution >= 0.6 is 11.3 Å². The molecule has 2 atom stereocenters. The maximum atomic E-state index is 12.6. The minimum Gasteiger partial charge on any atom is -0.461 e. The molecule has 1 aliphatic rings. The molecule has 0 unspecified atom stereocenters. The predicted molar refractivity (Wildman–Crippen MR) is 94.6 cm³/mol. The number of thiophene rings is 1. The highest BCUT2D eigenvalue weighted by atomic mass is 32.1. The first kappa shape index (κ1) is 17.6. The van der Waals surface area contributed by atoms with Crippen LogP contribution < -0.4 is 11.3 Å². The molecule has 0 spiro atoms. The summed E-state index contributed by atoms with van der Waals surface area (Å²) in [6, 6.07) is 0. The summed E-state index contributed by atoms with van der Waals surface area (Å²) in [5.74, 6) is -0.476. The van der Waals surface area contributed by atoms with E-state index in [9.17, 15) is 14.4 Å². The van der Waals surface area contributed by atoms with Crippen LogP contribution in [0.5, 0.6) is 0 Å². The van der Waals surface area contributed by atoms with Gasteiger partial charge in [-0.1, -0.05) is 13.3 Å². The van der Waals surface area contributed by atoms with Gasteiger partial charge in [0.25, 0.3) is 11.5 Å². The standard InChI is InChI=1S/C17H21N3O4S/c1-9-4-3-5-11(6-9)24-12(21)7-20-8-19-16-13(17(20)23)10(2)14(25-16)15(18)22/h8-9,11H,3-7H2,1-2H3,(H2,18,22)/t9-,11+/m1/s1. The van der Waals surface area contributed by atoms with E-state index in [1.54, 1.807) is 6.92 Å². The topological polar surface area (TPSA) is 104 Å². The van der Waals surface area contributed by atoms with Gasteiger partial charge in [-0.2, -0.15) is 0 Å². The van der Waals surface area contributed by atoms with Gasteiger partial charge in [0.05, 0.1) is 16.6 Å². The van der Waals surface area contributed by atoms with Crippen LogP contribution in [0.2, 0.25) is 0 Å². The Kier molecular flexibility index (Phi) is 4.89. The molecule has 25 heavy (non-hydrogen) atoms. The highest BCUT2D eigenvalue weighted by molar-refractivity contribution is 7.20. The van der Waals surface area contributed by atoms with Crippen molar-refractivity contribution in [2.45, 2.75) is 52.2 Å². The van der Waals surface area contributed by atoms with Gasteiger partial charge in [-0.3, -0.25) is 19.0 Å². The molecule has 7 nitrogen and oxygen atoms in total. The first-order chi connectivity index (χ1) is 11.9. The summed E-state index contributed by atoms with van der Waals surface area (Å²) in [7, 11) is 0. The quantitative estimate of drug-likeness (QED) is 0.837. The maximum Gasteiger partial charge on any atom is 0.326 e. The molecule has 3 rings (SSSR count). The highest BCUT2D eigenvalue weighted by Crippen LogP contribution is 2.27. The second-order valence-electron chi connectivity index (χ2n) is 6.66. The van der Waals surface area contributed by atoms with E-state index < -0.39 is 11.9 Å². The van der Waals surface area contributed by atoms with Gasteiger partial charge < -0.3 is 10.5 Å². The molecule has 1 fully saturated rings. The number of fused-ring (bicyclic) bond motifs is 1. The normalized spacial score (nSPS) is 20.6. The van der Waals surface area contributed by atoms with Gasteiger partial charge in [0.1, 0.15) is 17.5 Å². The van der Waals surface area contributed by atoms with E-state index >= 15 is 0 Å². The fraction of sp³-hybridized carbons (Fsp3) is 0.529. The summed E-state index contributed by atoms with van der Waals surface area (Å²) in [4.78, 5) is 41.2. The van der Waals surface area contributed by atoms with Crippen molar-refractivity contribution in [1.29, 1.82) is 0 Å². The Bertz CT molecular complexity index is 886. The van der Waals surface area contributed by atoms with E-state index in [4.69, 9.17) is 10.5 Å². The number of esters is 1. The molecule has 134 valence electrons. The first-order valence-corrected chi connectivity index (χ1v) is 9.16. The van der Waals surface area contributed by atoms with Crippen molar-refractivity contribution in [2.24, 2.45) is 11.7 Å². The van der Waals surface area contributed by atoms with Crippen molar-refractivity contribution < 1.29 is 14.3 Å². The van der Waals surface area contributed by atoms with E-state index in [2.05, 4.69) is 11.9 Å². The Morgan fingerprint density at radius 3 is 2.88 bits per heavy atom. The number of aryl methyl sites for hydroxylation is 1. The number of hydrogen-bond donors (Lipinski definition) is 1. The molecular formula is C17H21N3O4S. The SMILES string of the molecule is Cc1c(C(N)=O)sc2ncn(CC(=O)O[C@H]3CCC[C@@H](C)C3)c(=O)c12. The van der Waals surface area contributed by atoms with Crippen LogP contribution in [0.1, 0.15) is 47.8 Å². The molecule has 0 radical (unpaired) electrons. The third kappa shape index (κ3) is 3.58. The number of nitrogens with two attached hydrogens (primary N) is 1. The number of primary amides is 1. The summed E-state index contributed by atoms with van der Waals surface area (Å²) in [6.45, 7) is 3.62. The zero-order valence-corrected chi connectivity index (χ0v) is 15.1. The second kappa shape index (κ2) is 6.95. The summed E-state index contributed by atoms with van der Waals surface area (Å²) in [5.41, 5.74) is 5.47. The fourth-order valence-electron chi connectivity index (χ4n) is 3.35.